The molecular weight excluding hydrogens is 290 g/mol. The van der Waals surface area contributed by atoms with Crippen LogP contribution in [0.4, 0.5) is 0 Å². The Kier molecular flexibility index (Phi) is 5.23. The van der Waals surface area contributed by atoms with E-state index >= 15 is 0 Å². The van der Waals surface area contributed by atoms with E-state index in [-0.39, 0.29) is 24.5 Å². The Bertz CT molecular complexity index is 538. The Labute approximate surface area is 130 Å². The Morgan fingerprint density at radius 1 is 1.33 bits per heavy atom. The molecule has 0 aromatic heterocycles. The zero-order valence-electron chi connectivity index (χ0n) is 12.4. The van der Waals surface area contributed by atoms with Gasteiger partial charge in [0, 0.05) is 16.6 Å². The smallest absolute Gasteiger partial charge is 0.325 e. The maximum absolute atomic E-state index is 12.8. The number of amides is 1. The summed E-state index contributed by atoms with van der Waals surface area (Å²) in [5.41, 5.74) is 1.41. The Hall–Kier alpha value is -1.55. The number of nitrogens with zero attached hydrogens (tertiary/aromatic N) is 1. The van der Waals surface area contributed by atoms with Crippen molar-refractivity contribution in [1.29, 1.82) is 0 Å². The first-order valence-corrected chi connectivity index (χ1v) is 7.54. The zero-order valence-corrected chi connectivity index (χ0v) is 13.2. The molecule has 0 saturated heterocycles. The van der Waals surface area contributed by atoms with Gasteiger partial charge in [0.05, 0.1) is 7.11 Å². The lowest BCUT2D eigenvalue weighted by atomic mass is 10.1. The van der Waals surface area contributed by atoms with E-state index in [0.29, 0.717) is 10.6 Å². The molecule has 0 radical (unpaired) electrons. The summed E-state index contributed by atoms with van der Waals surface area (Å²) in [6.45, 7) is 1.85. The molecule has 0 heterocycles. The Morgan fingerprint density at radius 3 is 2.57 bits per heavy atom. The third-order valence-electron chi connectivity index (χ3n) is 3.97. The van der Waals surface area contributed by atoms with Gasteiger partial charge >= 0.3 is 5.97 Å². The maximum atomic E-state index is 12.8. The van der Waals surface area contributed by atoms with E-state index in [4.69, 9.17) is 16.3 Å². The van der Waals surface area contributed by atoms with E-state index in [9.17, 15) is 9.59 Å². The number of rotatable bonds is 4. The first kappa shape index (κ1) is 15.8. The first-order chi connectivity index (χ1) is 10.0. The number of halogens is 1. The molecule has 0 N–H and O–H groups in total. The number of ether oxygens (including phenoxy) is 1. The second kappa shape index (κ2) is 6.94. The molecule has 4 nitrogen and oxygen atoms in total. The minimum Gasteiger partial charge on any atom is -0.468 e. The molecule has 0 spiro atoms. The highest BCUT2D eigenvalue weighted by molar-refractivity contribution is 6.30. The average molecular weight is 310 g/mol. The lowest BCUT2D eigenvalue weighted by Gasteiger charge is -2.28. The van der Waals surface area contributed by atoms with Crippen molar-refractivity contribution in [2.24, 2.45) is 0 Å². The quantitative estimate of drug-likeness (QED) is 0.802. The number of esters is 1. The molecule has 1 aliphatic rings. The summed E-state index contributed by atoms with van der Waals surface area (Å²) in [6, 6.07) is 5.30. The molecule has 21 heavy (non-hydrogen) atoms. The fraction of sp³-hybridized carbons (Fsp3) is 0.500. The number of methoxy groups -OCH3 is 1. The van der Waals surface area contributed by atoms with Crippen LogP contribution >= 0.6 is 11.6 Å². The Morgan fingerprint density at radius 2 is 2.00 bits per heavy atom. The number of benzene rings is 1. The monoisotopic (exact) mass is 309 g/mol. The highest BCUT2D eigenvalue weighted by Gasteiger charge is 2.30. The molecule has 1 aromatic rings. The van der Waals surface area contributed by atoms with Crippen molar-refractivity contribution < 1.29 is 14.3 Å². The largest absolute Gasteiger partial charge is 0.468 e. The van der Waals surface area contributed by atoms with Crippen molar-refractivity contribution in [3.63, 3.8) is 0 Å². The van der Waals surface area contributed by atoms with Gasteiger partial charge in [0.25, 0.3) is 5.91 Å². The molecular formula is C16H20ClNO3. The van der Waals surface area contributed by atoms with E-state index in [0.717, 1.165) is 31.2 Å². The predicted molar refractivity (Wildman–Crippen MR) is 81.5 cm³/mol. The van der Waals surface area contributed by atoms with Gasteiger partial charge in [-0.15, -0.1) is 0 Å². The van der Waals surface area contributed by atoms with Gasteiger partial charge in [-0.05, 0) is 43.5 Å². The molecule has 1 saturated carbocycles. The zero-order chi connectivity index (χ0) is 15.4. The second-order valence-corrected chi connectivity index (χ2v) is 5.84. The molecule has 1 fully saturated rings. The number of hydrogen-bond donors (Lipinski definition) is 0. The fourth-order valence-corrected chi connectivity index (χ4v) is 3.03. The molecule has 1 aliphatic carbocycles. The van der Waals surface area contributed by atoms with E-state index in [1.807, 2.05) is 6.92 Å². The molecule has 1 aromatic carbocycles. The summed E-state index contributed by atoms with van der Waals surface area (Å²) >= 11 is 5.94. The molecule has 0 aliphatic heterocycles. The van der Waals surface area contributed by atoms with Crippen molar-refractivity contribution in [3.8, 4) is 0 Å². The molecule has 114 valence electrons. The van der Waals surface area contributed by atoms with Crippen LogP contribution in [0.5, 0.6) is 0 Å². The van der Waals surface area contributed by atoms with Crippen molar-refractivity contribution >= 4 is 23.5 Å². The minimum absolute atomic E-state index is 0.00205. The highest BCUT2D eigenvalue weighted by atomic mass is 35.5. The lowest BCUT2D eigenvalue weighted by molar-refractivity contribution is -0.141. The van der Waals surface area contributed by atoms with Crippen LogP contribution in [0.15, 0.2) is 18.2 Å². The van der Waals surface area contributed by atoms with Crippen LogP contribution in [0.2, 0.25) is 5.02 Å². The molecule has 0 bridgehead atoms. The minimum atomic E-state index is -0.387. The Balaban J connectivity index is 2.26. The van der Waals surface area contributed by atoms with Gasteiger partial charge in [-0.25, -0.2) is 0 Å². The summed E-state index contributed by atoms with van der Waals surface area (Å²) in [4.78, 5) is 26.1. The average Bonchev–Trinajstić information content (AvgIpc) is 2.97. The number of hydrogen-bond acceptors (Lipinski definition) is 3. The van der Waals surface area contributed by atoms with Gasteiger partial charge in [-0.2, -0.15) is 0 Å². The van der Waals surface area contributed by atoms with Gasteiger partial charge in [-0.3, -0.25) is 9.59 Å². The van der Waals surface area contributed by atoms with Gasteiger partial charge in [0.15, 0.2) is 0 Å². The summed E-state index contributed by atoms with van der Waals surface area (Å²) in [5.74, 6) is -0.511. The van der Waals surface area contributed by atoms with Crippen LogP contribution < -0.4 is 0 Å². The van der Waals surface area contributed by atoms with Gasteiger partial charge in [-0.1, -0.05) is 24.4 Å². The van der Waals surface area contributed by atoms with Crippen LogP contribution in [0.1, 0.15) is 41.6 Å². The van der Waals surface area contributed by atoms with E-state index in [1.54, 1.807) is 23.1 Å². The van der Waals surface area contributed by atoms with Crippen LogP contribution in [0.3, 0.4) is 0 Å². The van der Waals surface area contributed by atoms with Crippen molar-refractivity contribution in [1.82, 2.24) is 4.90 Å². The van der Waals surface area contributed by atoms with E-state index < -0.39 is 0 Å². The van der Waals surface area contributed by atoms with Crippen LogP contribution in [0.25, 0.3) is 0 Å². The third kappa shape index (κ3) is 3.76. The number of carbonyl (C=O) groups is 2. The molecule has 1 amide bonds. The van der Waals surface area contributed by atoms with Crippen molar-refractivity contribution in [2.75, 3.05) is 13.7 Å². The first-order valence-electron chi connectivity index (χ1n) is 7.17. The molecule has 5 heteroatoms. The third-order valence-corrected chi connectivity index (χ3v) is 4.21. The van der Waals surface area contributed by atoms with Gasteiger partial charge in [0.1, 0.15) is 6.54 Å². The summed E-state index contributed by atoms with van der Waals surface area (Å²) in [7, 11) is 1.34. The maximum Gasteiger partial charge on any atom is 0.325 e. The number of aryl methyl sites for hydroxylation is 1. The standard InChI is InChI=1S/C16H20ClNO3/c1-11-9-12(17)7-8-14(11)16(20)18(10-15(19)21-2)13-5-3-4-6-13/h7-9,13H,3-6,10H2,1-2H3. The number of carbonyl (C=O) groups excluding carboxylic acids is 2. The summed E-state index contributed by atoms with van der Waals surface area (Å²) in [5, 5.41) is 0.601. The van der Waals surface area contributed by atoms with Gasteiger partial charge < -0.3 is 9.64 Å². The van der Waals surface area contributed by atoms with Crippen molar-refractivity contribution in [2.45, 2.75) is 38.6 Å². The second-order valence-electron chi connectivity index (χ2n) is 5.41. The van der Waals surface area contributed by atoms with E-state index in [1.165, 1.54) is 7.11 Å². The predicted octanol–water partition coefficient (Wildman–Crippen LogP) is 3.21. The lowest BCUT2D eigenvalue weighted by Crippen LogP contribution is -2.42. The summed E-state index contributed by atoms with van der Waals surface area (Å²) < 4.78 is 4.72. The van der Waals surface area contributed by atoms with E-state index in [2.05, 4.69) is 0 Å². The van der Waals surface area contributed by atoms with Crippen LogP contribution in [0, 0.1) is 6.92 Å². The SMILES string of the molecule is COC(=O)CN(C(=O)c1ccc(Cl)cc1C)C1CCCC1. The van der Waals surface area contributed by atoms with Crippen molar-refractivity contribution in [3.05, 3.63) is 34.3 Å². The van der Waals surface area contributed by atoms with Crippen LogP contribution in [-0.2, 0) is 9.53 Å². The highest BCUT2D eigenvalue weighted by Crippen LogP contribution is 2.26. The topological polar surface area (TPSA) is 46.6 Å². The van der Waals surface area contributed by atoms with Crippen LogP contribution in [-0.4, -0.2) is 36.5 Å². The fourth-order valence-electron chi connectivity index (χ4n) is 2.81. The molecule has 0 unspecified atom stereocenters. The van der Waals surface area contributed by atoms with Gasteiger partial charge in [0.2, 0.25) is 0 Å². The molecule has 2 rings (SSSR count). The normalized spacial score (nSPS) is 15.0. The molecule has 0 atom stereocenters. The summed E-state index contributed by atoms with van der Waals surface area (Å²) in [6.07, 6.45) is 4.06.